The van der Waals surface area contributed by atoms with Gasteiger partial charge in [0.1, 0.15) is 12.0 Å². The summed E-state index contributed by atoms with van der Waals surface area (Å²) in [4.78, 5) is 8.52. The predicted molar refractivity (Wildman–Crippen MR) is 122 cm³/mol. The van der Waals surface area contributed by atoms with Crippen molar-refractivity contribution in [3.8, 4) is 11.3 Å². The van der Waals surface area contributed by atoms with Gasteiger partial charge in [-0.1, -0.05) is 19.9 Å². The molecule has 3 aromatic heterocycles. The number of aromatic nitrogens is 5. The van der Waals surface area contributed by atoms with Gasteiger partial charge in [0.25, 0.3) is 0 Å². The normalized spacial score (nSPS) is 19.0. The lowest BCUT2D eigenvalue weighted by atomic mass is 9.92. The lowest BCUT2D eigenvalue weighted by Crippen LogP contribution is -2.42. The van der Waals surface area contributed by atoms with Gasteiger partial charge in [0.2, 0.25) is 5.95 Å². The third-order valence-electron chi connectivity index (χ3n) is 6.13. The minimum Gasteiger partial charge on any atom is -0.389 e. The van der Waals surface area contributed by atoms with Gasteiger partial charge >= 0.3 is 0 Å². The van der Waals surface area contributed by atoms with Crippen molar-refractivity contribution in [2.75, 3.05) is 18.5 Å². The molecule has 0 amide bonds. The van der Waals surface area contributed by atoms with E-state index in [1.165, 1.54) is 0 Å². The van der Waals surface area contributed by atoms with Gasteiger partial charge in [0.15, 0.2) is 11.5 Å². The van der Waals surface area contributed by atoms with Crippen molar-refractivity contribution in [2.45, 2.75) is 44.9 Å². The Kier molecular flexibility index (Phi) is 5.65. The number of fused-ring (bicyclic) bond motifs is 3. The fraction of sp³-hybridized carbons (Fsp3) is 0.391. The number of halogens is 1. The maximum Gasteiger partial charge on any atom is 0.223 e. The molecule has 172 valence electrons. The molecular formula is C23H26FN7O2. The molecule has 4 N–H and O–H groups in total. The SMILES string of the molecule is CC(C)c1c(CN)n2cnnc2c2ccc(-c3nc(N[C@@H]4CCOC[C@H]4O)ncc3F)cc12. The Morgan fingerprint density at radius 3 is 2.94 bits per heavy atom. The number of aliphatic hydroxyl groups is 1. The number of benzene rings is 1. The van der Waals surface area contributed by atoms with E-state index in [0.717, 1.165) is 28.2 Å². The summed E-state index contributed by atoms with van der Waals surface area (Å²) in [7, 11) is 0. The van der Waals surface area contributed by atoms with Gasteiger partial charge in [0, 0.05) is 29.8 Å². The number of aliphatic hydroxyl groups excluding tert-OH is 1. The Labute approximate surface area is 189 Å². The number of nitrogens with zero attached hydrogens (tertiary/aromatic N) is 5. The van der Waals surface area contributed by atoms with Crippen LogP contribution in [0.25, 0.3) is 27.7 Å². The zero-order valence-corrected chi connectivity index (χ0v) is 18.5. The molecule has 9 nitrogen and oxygen atoms in total. The zero-order chi connectivity index (χ0) is 23.1. The van der Waals surface area contributed by atoms with E-state index in [2.05, 4.69) is 39.3 Å². The van der Waals surface area contributed by atoms with Gasteiger partial charge in [0.05, 0.1) is 24.9 Å². The molecule has 4 aromatic rings. The van der Waals surface area contributed by atoms with Gasteiger partial charge in [-0.25, -0.2) is 14.4 Å². The molecule has 1 fully saturated rings. The molecule has 0 spiro atoms. The summed E-state index contributed by atoms with van der Waals surface area (Å²) in [6.07, 6.45) is 2.76. The summed E-state index contributed by atoms with van der Waals surface area (Å²) >= 11 is 0. The number of hydrogen-bond acceptors (Lipinski definition) is 8. The second kappa shape index (κ2) is 8.62. The van der Waals surface area contributed by atoms with Gasteiger partial charge in [-0.05, 0) is 35.4 Å². The highest BCUT2D eigenvalue weighted by Crippen LogP contribution is 2.34. The molecule has 1 saturated heterocycles. The van der Waals surface area contributed by atoms with Gasteiger partial charge < -0.3 is 20.9 Å². The molecule has 10 heteroatoms. The molecule has 0 saturated carbocycles. The number of pyridine rings is 1. The summed E-state index contributed by atoms with van der Waals surface area (Å²) in [5.74, 6) is -0.0891. The average Bonchev–Trinajstić information content (AvgIpc) is 3.30. The number of rotatable bonds is 5. The number of nitrogens with two attached hydrogens (primary N) is 1. The molecule has 1 aliphatic heterocycles. The van der Waals surface area contributed by atoms with Gasteiger partial charge in [-0.3, -0.25) is 4.40 Å². The van der Waals surface area contributed by atoms with Crippen LogP contribution >= 0.6 is 0 Å². The van der Waals surface area contributed by atoms with Crippen LogP contribution in [0, 0.1) is 5.82 Å². The van der Waals surface area contributed by atoms with Crippen LogP contribution in [0.5, 0.6) is 0 Å². The summed E-state index contributed by atoms with van der Waals surface area (Å²) in [5, 5.41) is 23.5. The van der Waals surface area contributed by atoms with E-state index in [9.17, 15) is 9.50 Å². The topological polar surface area (TPSA) is 123 Å². The smallest absolute Gasteiger partial charge is 0.223 e. The first-order valence-electron chi connectivity index (χ1n) is 11.0. The third kappa shape index (κ3) is 3.79. The molecule has 0 unspecified atom stereocenters. The lowest BCUT2D eigenvalue weighted by Gasteiger charge is -2.28. The Morgan fingerprint density at radius 1 is 1.33 bits per heavy atom. The third-order valence-corrected chi connectivity index (χ3v) is 6.13. The van der Waals surface area contributed by atoms with E-state index >= 15 is 0 Å². The van der Waals surface area contributed by atoms with Gasteiger partial charge in [-0.15, -0.1) is 10.2 Å². The molecule has 1 aromatic carbocycles. The van der Waals surface area contributed by atoms with Crippen LogP contribution in [-0.2, 0) is 11.3 Å². The van der Waals surface area contributed by atoms with Crippen molar-refractivity contribution < 1.29 is 14.2 Å². The highest BCUT2D eigenvalue weighted by atomic mass is 19.1. The minimum absolute atomic E-state index is 0.176. The Morgan fingerprint density at radius 2 is 2.18 bits per heavy atom. The number of hydrogen-bond donors (Lipinski definition) is 3. The first-order chi connectivity index (χ1) is 16.0. The maximum atomic E-state index is 14.8. The summed E-state index contributed by atoms with van der Waals surface area (Å²) in [6, 6.07) is 5.41. The zero-order valence-electron chi connectivity index (χ0n) is 18.5. The van der Waals surface area contributed by atoms with Crippen LogP contribution in [0.2, 0.25) is 0 Å². The van der Waals surface area contributed by atoms with E-state index in [4.69, 9.17) is 10.5 Å². The molecule has 0 bridgehead atoms. The van der Waals surface area contributed by atoms with Crippen molar-refractivity contribution in [3.63, 3.8) is 0 Å². The van der Waals surface area contributed by atoms with Crippen LogP contribution < -0.4 is 11.1 Å². The fourth-order valence-corrected chi connectivity index (χ4v) is 4.56. The fourth-order valence-electron chi connectivity index (χ4n) is 4.56. The molecular weight excluding hydrogens is 425 g/mol. The van der Waals surface area contributed by atoms with Crippen LogP contribution in [0.3, 0.4) is 0 Å². The quantitative estimate of drug-likeness (QED) is 0.423. The van der Waals surface area contributed by atoms with Crippen molar-refractivity contribution in [2.24, 2.45) is 5.73 Å². The average molecular weight is 452 g/mol. The molecule has 2 atom stereocenters. The lowest BCUT2D eigenvalue weighted by molar-refractivity contribution is -0.0136. The Balaban J connectivity index is 1.63. The maximum absolute atomic E-state index is 14.8. The highest BCUT2D eigenvalue weighted by Gasteiger charge is 2.25. The van der Waals surface area contributed by atoms with E-state index in [1.54, 1.807) is 6.33 Å². The monoisotopic (exact) mass is 451 g/mol. The molecule has 5 rings (SSSR count). The second-order valence-electron chi connectivity index (χ2n) is 8.58. The largest absolute Gasteiger partial charge is 0.389 e. The van der Waals surface area contributed by atoms with Crippen molar-refractivity contribution in [1.29, 1.82) is 0 Å². The molecule has 0 aliphatic carbocycles. The summed E-state index contributed by atoms with van der Waals surface area (Å²) in [6.45, 7) is 5.30. The van der Waals surface area contributed by atoms with Crippen molar-refractivity contribution in [3.05, 3.63) is 47.8 Å². The highest BCUT2D eigenvalue weighted by molar-refractivity contribution is 5.99. The number of nitrogens with one attached hydrogen (secondary N) is 1. The van der Waals surface area contributed by atoms with Crippen LogP contribution in [0.1, 0.15) is 37.4 Å². The van der Waals surface area contributed by atoms with Crippen LogP contribution in [-0.4, -0.2) is 55.0 Å². The van der Waals surface area contributed by atoms with Crippen molar-refractivity contribution in [1.82, 2.24) is 24.6 Å². The van der Waals surface area contributed by atoms with E-state index in [1.807, 2.05) is 22.6 Å². The molecule has 4 heterocycles. The predicted octanol–water partition coefficient (Wildman–Crippen LogP) is 2.62. The molecule has 0 radical (unpaired) electrons. The van der Waals surface area contributed by atoms with Crippen LogP contribution in [0.15, 0.2) is 30.7 Å². The van der Waals surface area contributed by atoms with E-state index in [-0.39, 0.29) is 30.2 Å². The second-order valence-corrected chi connectivity index (χ2v) is 8.58. The molecule has 1 aliphatic rings. The minimum atomic E-state index is -0.676. The Hall–Kier alpha value is -3.21. The van der Waals surface area contributed by atoms with E-state index in [0.29, 0.717) is 30.8 Å². The molecule has 33 heavy (non-hydrogen) atoms. The van der Waals surface area contributed by atoms with E-state index < -0.39 is 11.9 Å². The summed E-state index contributed by atoms with van der Waals surface area (Å²) < 4.78 is 22.0. The standard InChI is InChI=1S/C23H26FN7O2/c1-12(2)20-15-7-13(3-4-14(15)22-30-27-11-31(22)18(20)8-25)21-16(24)9-26-23(29-21)28-17-5-6-33-10-19(17)32/h3-4,7,9,11-12,17,19,32H,5-6,8,10,25H2,1-2H3,(H,26,28,29)/t17-,19-/m1/s1. The first kappa shape index (κ1) is 21.6. The first-order valence-corrected chi connectivity index (χ1v) is 11.0. The van der Waals surface area contributed by atoms with Crippen LogP contribution in [0.4, 0.5) is 10.3 Å². The van der Waals surface area contributed by atoms with Gasteiger partial charge in [-0.2, -0.15) is 0 Å². The number of ether oxygens (including phenoxy) is 1. The van der Waals surface area contributed by atoms with Crippen molar-refractivity contribution >= 4 is 22.4 Å². The Bertz CT molecular complexity index is 1320. The summed E-state index contributed by atoms with van der Waals surface area (Å²) in [5.41, 5.74) is 9.61. The number of anilines is 1.